The summed E-state index contributed by atoms with van der Waals surface area (Å²) in [6, 6.07) is 10.0. The molecule has 7 nitrogen and oxygen atoms in total. The maximum atomic E-state index is 13.0. The molecule has 1 fully saturated rings. The van der Waals surface area contributed by atoms with Crippen molar-refractivity contribution in [2.45, 2.75) is 45.1 Å². The van der Waals surface area contributed by atoms with Crippen molar-refractivity contribution in [1.29, 1.82) is 0 Å². The molecule has 31 heavy (non-hydrogen) atoms. The van der Waals surface area contributed by atoms with Crippen LogP contribution in [0.3, 0.4) is 0 Å². The number of amides is 1. The average molecular weight is 418 g/mol. The van der Waals surface area contributed by atoms with Gasteiger partial charge in [-0.15, -0.1) is 0 Å². The molecule has 3 aromatic rings. The SMILES string of the molecule is CCc1nc(C)c(C(=O)N2CCC3(CC2)OCCc2cnc(-c4ccccc4)nc23)o1. The van der Waals surface area contributed by atoms with E-state index in [0.717, 1.165) is 23.2 Å². The molecule has 0 N–H and O–H groups in total. The first-order valence-electron chi connectivity index (χ1n) is 10.9. The summed E-state index contributed by atoms with van der Waals surface area (Å²) in [5, 5.41) is 0. The Balaban J connectivity index is 1.39. The van der Waals surface area contributed by atoms with Gasteiger partial charge >= 0.3 is 0 Å². The number of aromatic nitrogens is 3. The summed E-state index contributed by atoms with van der Waals surface area (Å²) in [4.78, 5) is 28.8. The highest BCUT2D eigenvalue weighted by molar-refractivity contribution is 5.92. The summed E-state index contributed by atoms with van der Waals surface area (Å²) in [5.74, 6) is 1.57. The van der Waals surface area contributed by atoms with Gasteiger partial charge in [-0.3, -0.25) is 4.79 Å². The Bertz CT molecular complexity index is 1100. The fraction of sp³-hybridized carbons (Fsp3) is 0.417. The lowest BCUT2D eigenvalue weighted by atomic mass is 9.83. The molecule has 0 atom stereocenters. The first-order valence-corrected chi connectivity index (χ1v) is 10.9. The van der Waals surface area contributed by atoms with Crippen molar-refractivity contribution in [1.82, 2.24) is 19.9 Å². The number of piperidine rings is 1. The zero-order valence-electron chi connectivity index (χ0n) is 17.9. The van der Waals surface area contributed by atoms with Crippen molar-refractivity contribution >= 4 is 5.91 Å². The van der Waals surface area contributed by atoms with Crippen LogP contribution in [0.4, 0.5) is 0 Å². The molecule has 0 bridgehead atoms. The Kier molecular flexibility index (Phi) is 5.06. The quantitative estimate of drug-likeness (QED) is 0.645. The van der Waals surface area contributed by atoms with Gasteiger partial charge < -0.3 is 14.1 Å². The summed E-state index contributed by atoms with van der Waals surface area (Å²) in [5.41, 5.74) is 3.29. The molecule has 1 saturated heterocycles. The number of fused-ring (bicyclic) bond motifs is 2. The van der Waals surface area contributed by atoms with E-state index in [-0.39, 0.29) is 5.91 Å². The van der Waals surface area contributed by atoms with Gasteiger partial charge in [-0.2, -0.15) is 0 Å². The molecule has 2 aromatic heterocycles. The van der Waals surface area contributed by atoms with Gasteiger partial charge in [0.25, 0.3) is 5.91 Å². The smallest absolute Gasteiger partial charge is 0.291 e. The van der Waals surface area contributed by atoms with E-state index in [1.165, 1.54) is 0 Å². The van der Waals surface area contributed by atoms with Crippen LogP contribution in [-0.2, 0) is 23.2 Å². The summed E-state index contributed by atoms with van der Waals surface area (Å²) in [7, 11) is 0. The van der Waals surface area contributed by atoms with E-state index in [4.69, 9.17) is 14.1 Å². The predicted molar refractivity (Wildman–Crippen MR) is 115 cm³/mol. The number of rotatable bonds is 3. The van der Waals surface area contributed by atoms with E-state index in [1.807, 2.05) is 55.3 Å². The van der Waals surface area contributed by atoms with Crippen LogP contribution in [0.15, 0.2) is 40.9 Å². The second kappa shape index (κ2) is 7.89. The van der Waals surface area contributed by atoms with Crippen molar-refractivity contribution in [2.24, 2.45) is 0 Å². The van der Waals surface area contributed by atoms with Crippen LogP contribution >= 0.6 is 0 Å². The van der Waals surface area contributed by atoms with Gasteiger partial charge in [0.2, 0.25) is 5.76 Å². The minimum atomic E-state index is -0.470. The van der Waals surface area contributed by atoms with E-state index in [1.54, 1.807) is 0 Å². The van der Waals surface area contributed by atoms with Gasteiger partial charge in [-0.05, 0) is 31.7 Å². The number of carbonyl (C=O) groups excluding carboxylic acids is 1. The Morgan fingerprint density at radius 3 is 2.65 bits per heavy atom. The standard InChI is InChI=1S/C24H26N4O3/c1-3-19-26-16(2)20(31-19)23(29)28-12-10-24(11-13-28)21-18(9-14-30-24)15-25-22(27-21)17-7-5-4-6-8-17/h4-8,15H,3,9-14H2,1-2H3. The second-order valence-corrected chi connectivity index (χ2v) is 8.19. The van der Waals surface area contributed by atoms with Crippen LogP contribution < -0.4 is 0 Å². The highest BCUT2D eigenvalue weighted by Gasteiger charge is 2.44. The largest absolute Gasteiger partial charge is 0.435 e. The monoisotopic (exact) mass is 418 g/mol. The Morgan fingerprint density at radius 2 is 1.94 bits per heavy atom. The number of aryl methyl sites for hydroxylation is 2. The number of hydrogen-bond acceptors (Lipinski definition) is 6. The molecule has 0 aliphatic carbocycles. The lowest BCUT2D eigenvalue weighted by molar-refractivity contribution is -0.0968. The molecular weight excluding hydrogens is 392 g/mol. The molecule has 7 heteroatoms. The third-order valence-electron chi connectivity index (χ3n) is 6.27. The lowest BCUT2D eigenvalue weighted by Crippen LogP contribution is -2.49. The molecule has 2 aliphatic rings. The van der Waals surface area contributed by atoms with Crippen molar-refractivity contribution in [2.75, 3.05) is 19.7 Å². The molecule has 5 rings (SSSR count). The van der Waals surface area contributed by atoms with Gasteiger partial charge in [-0.1, -0.05) is 37.3 Å². The molecule has 1 spiro atoms. The highest BCUT2D eigenvalue weighted by Crippen LogP contribution is 2.41. The van der Waals surface area contributed by atoms with E-state index in [9.17, 15) is 4.79 Å². The van der Waals surface area contributed by atoms with Gasteiger partial charge in [0.1, 0.15) is 5.60 Å². The number of hydrogen-bond donors (Lipinski definition) is 0. The van der Waals surface area contributed by atoms with Crippen LogP contribution in [0.25, 0.3) is 11.4 Å². The molecular formula is C24H26N4O3. The zero-order chi connectivity index (χ0) is 21.4. The first kappa shape index (κ1) is 19.9. The van der Waals surface area contributed by atoms with E-state index in [0.29, 0.717) is 62.1 Å². The number of benzene rings is 1. The Labute approximate surface area is 181 Å². The maximum Gasteiger partial charge on any atom is 0.291 e. The van der Waals surface area contributed by atoms with Crippen molar-refractivity contribution in [3.8, 4) is 11.4 Å². The van der Waals surface area contributed by atoms with Crippen molar-refractivity contribution in [3.63, 3.8) is 0 Å². The van der Waals surface area contributed by atoms with E-state index >= 15 is 0 Å². The molecule has 0 unspecified atom stereocenters. The molecule has 2 aliphatic heterocycles. The normalized spacial score (nSPS) is 17.5. The van der Waals surface area contributed by atoms with Gasteiger partial charge in [0.15, 0.2) is 11.7 Å². The lowest BCUT2D eigenvalue weighted by Gasteiger charge is -2.43. The minimum Gasteiger partial charge on any atom is -0.435 e. The van der Waals surface area contributed by atoms with Crippen LogP contribution in [0, 0.1) is 6.92 Å². The molecule has 0 saturated carbocycles. The topological polar surface area (TPSA) is 81.4 Å². The van der Waals surface area contributed by atoms with Crippen LogP contribution in [0.1, 0.15) is 53.2 Å². The zero-order valence-corrected chi connectivity index (χ0v) is 17.9. The summed E-state index contributed by atoms with van der Waals surface area (Å²) < 4.78 is 12.0. The second-order valence-electron chi connectivity index (χ2n) is 8.19. The van der Waals surface area contributed by atoms with E-state index < -0.39 is 5.60 Å². The van der Waals surface area contributed by atoms with Crippen molar-refractivity contribution in [3.05, 3.63) is 65.1 Å². The summed E-state index contributed by atoms with van der Waals surface area (Å²) in [6.07, 6.45) is 4.82. The number of ether oxygens (including phenoxy) is 1. The maximum absolute atomic E-state index is 13.0. The number of nitrogens with zero attached hydrogens (tertiary/aromatic N) is 4. The van der Waals surface area contributed by atoms with Crippen LogP contribution in [-0.4, -0.2) is 45.5 Å². The number of carbonyl (C=O) groups is 1. The third kappa shape index (κ3) is 3.53. The Hall–Kier alpha value is -3.06. The van der Waals surface area contributed by atoms with Crippen molar-refractivity contribution < 1.29 is 13.9 Å². The molecule has 160 valence electrons. The molecule has 0 radical (unpaired) electrons. The van der Waals surface area contributed by atoms with Gasteiger partial charge in [-0.25, -0.2) is 15.0 Å². The first-order chi connectivity index (χ1) is 15.1. The predicted octanol–water partition coefficient (Wildman–Crippen LogP) is 3.71. The fourth-order valence-electron chi connectivity index (χ4n) is 4.53. The molecule has 4 heterocycles. The summed E-state index contributed by atoms with van der Waals surface area (Å²) in [6.45, 7) is 5.61. The Morgan fingerprint density at radius 1 is 1.16 bits per heavy atom. The summed E-state index contributed by atoms with van der Waals surface area (Å²) >= 11 is 0. The fourth-order valence-corrected chi connectivity index (χ4v) is 4.53. The highest BCUT2D eigenvalue weighted by atomic mass is 16.5. The number of likely N-dealkylation sites (tertiary alicyclic amines) is 1. The average Bonchev–Trinajstić information content (AvgIpc) is 3.20. The number of oxazole rings is 1. The minimum absolute atomic E-state index is 0.0942. The van der Waals surface area contributed by atoms with Gasteiger partial charge in [0.05, 0.1) is 18.0 Å². The molecule has 1 aromatic carbocycles. The van der Waals surface area contributed by atoms with E-state index in [2.05, 4.69) is 9.97 Å². The van der Waals surface area contributed by atoms with Crippen LogP contribution in [0.5, 0.6) is 0 Å². The molecule has 1 amide bonds. The van der Waals surface area contributed by atoms with Gasteiger partial charge in [0, 0.05) is 31.3 Å². The third-order valence-corrected chi connectivity index (χ3v) is 6.27. The van der Waals surface area contributed by atoms with Crippen LogP contribution in [0.2, 0.25) is 0 Å².